The highest BCUT2D eigenvalue weighted by Gasteiger charge is 2.20. The van der Waals surface area contributed by atoms with Crippen molar-refractivity contribution >= 4 is 23.9 Å². The zero-order chi connectivity index (χ0) is 24.0. The van der Waals surface area contributed by atoms with Gasteiger partial charge in [-0.3, -0.25) is 4.98 Å². The molecule has 4 N–H and O–H groups in total. The van der Waals surface area contributed by atoms with Gasteiger partial charge in [-0.05, 0) is 54.8 Å². The van der Waals surface area contributed by atoms with E-state index in [2.05, 4.69) is 4.98 Å². The first-order chi connectivity index (χ1) is 15.1. The molecule has 32 heavy (non-hydrogen) atoms. The smallest absolute Gasteiger partial charge is 0.336 e. The molecule has 0 unspecified atom stereocenters. The second kappa shape index (κ2) is 9.98. The van der Waals surface area contributed by atoms with Crippen LogP contribution in [-0.4, -0.2) is 49.3 Å². The summed E-state index contributed by atoms with van der Waals surface area (Å²) in [6.45, 7) is 2.97. The van der Waals surface area contributed by atoms with E-state index in [0.717, 1.165) is 0 Å². The van der Waals surface area contributed by atoms with E-state index in [9.17, 15) is 24.3 Å². The highest BCUT2D eigenvalue weighted by molar-refractivity contribution is 6.02. The first-order valence-electron chi connectivity index (χ1n) is 9.13. The molecule has 0 amide bonds. The number of pyridine rings is 1. The second-order valence-electron chi connectivity index (χ2n) is 6.60. The second-order valence-corrected chi connectivity index (χ2v) is 6.60. The zero-order valence-electron chi connectivity index (χ0n) is 17.1. The fraction of sp³-hybridized carbons (Fsp3) is 0.0870. The van der Waals surface area contributed by atoms with Crippen LogP contribution in [0.5, 0.6) is 0 Å². The molecule has 2 aromatic carbocycles. The average molecular weight is 437 g/mol. The van der Waals surface area contributed by atoms with Crippen LogP contribution in [0, 0.1) is 13.8 Å². The molecular weight excluding hydrogens is 418 g/mol. The third-order valence-electron chi connectivity index (χ3n) is 4.68. The fourth-order valence-electron chi connectivity index (χ4n) is 3.08. The summed E-state index contributed by atoms with van der Waals surface area (Å²) in [5, 5.41) is 35.7. The number of carboxylic acid groups (broad SMARTS) is 4. The van der Waals surface area contributed by atoms with Crippen molar-refractivity contribution in [2.45, 2.75) is 13.8 Å². The molecule has 1 aromatic heterocycles. The van der Waals surface area contributed by atoms with Crippen molar-refractivity contribution in [1.29, 1.82) is 0 Å². The van der Waals surface area contributed by atoms with Gasteiger partial charge >= 0.3 is 23.9 Å². The molecule has 0 saturated carbocycles. The summed E-state index contributed by atoms with van der Waals surface area (Å²) in [6, 6.07) is 10.5. The predicted octanol–water partition coefficient (Wildman–Crippen LogP) is 3.84. The molecule has 0 aliphatic rings. The Labute approximate surface area is 182 Å². The number of aromatic carboxylic acids is 4. The number of aromatic nitrogens is 1. The lowest BCUT2D eigenvalue weighted by atomic mass is 9.93. The summed E-state index contributed by atoms with van der Waals surface area (Å²) in [6.07, 6.45) is 3.13. The van der Waals surface area contributed by atoms with Crippen LogP contribution in [0.1, 0.15) is 52.6 Å². The van der Waals surface area contributed by atoms with Crippen LogP contribution in [-0.2, 0) is 0 Å². The summed E-state index contributed by atoms with van der Waals surface area (Å²) in [4.78, 5) is 47.6. The van der Waals surface area contributed by atoms with Crippen LogP contribution < -0.4 is 0 Å². The van der Waals surface area contributed by atoms with Gasteiger partial charge in [0.15, 0.2) is 0 Å². The van der Waals surface area contributed by atoms with Crippen LogP contribution in [0.2, 0.25) is 0 Å². The molecule has 1 heterocycles. The van der Waals surface area contributed by atoms with Gasteiger partial charge in [0.25, 0.3) is 0 Å². The van der Waals surface area contributed by atoms with Gasteiger partial charge in [-0.15, -0.1) is 0 Å². The molecule has 0 atom stereocenters. The van der Waals surface area contributed by atoms with E-state index in [-0.39, 0.29) is 33.4 Å². The lowest BCUT2D eigenvalue weighted by molar-refractivity contribution is 0.0674. The zero-order valence-corrected chi connectivity index (χ0v) is 17.1. The average Bonchev–Trinajstić information content (AvgIpc) is 2.73. The van der Waals surface area contributed by atoms with Crippen LogP contribution >= 0.6 is 0 Å². The van der Waals surface area contributed by atoms with Crippen molar-refractivity contribution in [3.8, 4) is 11.1 Å². The van der Waals surface area contributed by atoms with E-state index >= 15 is 0 Å². The summed E-state index contributed by atoms with van der Waals surface area (Å²) in [5.41, 5.74) is 1.66. The first kappa shape index (κ1) is 23.7. The molecule has 3 rings (SSSR count). The Bertz CT molecular complexity index is 1170. The van der Waals surface area contributed by atoms with Crippen molar-refractivity contribution in [2.75, 3.05) is 0 Å². The maximum atomic E-state index is 11.4. The maximum absolute atomic E-state index is 11.4. The van der Waals surface area contributed by atoms with Crippen molar-refractivity contribution in [3.05, 3.63) is 88.2 Å². The number of hydrogen-bond acceptors (Lipinski definition) is 5. The molecule has 0 spiro atoms. The minimum absolute atomic E-state index is 0.00657. The van der Waals surface area contributed by atoms with Gasteiger partial charge in [0.05, 0.1) is 22.3 Å². The SMILES string of the molecule is Cc1c(C(=O)O)ccc(-c2cccnc2)c1C(=O)O.Cc1c(C(=O)O)cccc1C(=O)O. The molecular formula is C23H19NO8. The normalized spacial score (nSPS) is 9.94. The highest BCUT2D eigenvalue weighted by Crippen LogP contribution is 2.28. The molecule has 0 aliphatic carbocycles. The summed E-state index contributed by atoms with van der Waals surface area (Å²) in [7, 11) is 0. The molecule has 3 aromatic rings. The largest absolute Gasteiger partial charge is 0.478 e. The van der Waals surface area contributed by atoms with Crippen molar-refractivity contribution in [1.82, 2.24) is 4.98 Å². The lowest BCUT2D eigenvalue weighted by Crippen LogP contribution is -2.09. The Morgan fingerprint density at radius 1 is 0.656 bits per heavy atom. The van der Waals surface area contributed by atoms with E-state index in [1.807, 2.05) is 0 Å². The van der Waals surface area contributed by atoms with E-state index < -0.39 is 23.9 Å². The van der Waals surface area contributed by atoms with Crippen molar-refractivity contribution in [3.63, 3.8) is 0 Å². The monoisotopic (exact) mass is 437 g/mol. The minimum atomic E-state index is -1.15. The summed E-state index contributed by atoms with van der Waals surface area (Å²) in [5.74, 6) is -4.52. The summed E-state index contributed by atoms with van der Waals surface area (Å²) < 4.78 is 0. The van der Waals surface area contributed by atoms with Crippen LogP contribution in [0.3, 0.4) is 0 Å². The van der Waals surface area contributed by atoms with Gasteiger partial charge in [0, 0.05) is 18.0 Å². The summed E-state index contributed by atoms with van der Waals surface area (Å²) >= 11 is 0. The van der Waals surface area contributed by atoms with Gasteiger partial charge in [-0.1, -0.05) is 18.2 Å². The fourth-order valence-corrected chi connectivity index (χ4v) is 3.08. The Morgan fingerprint density at radius 2 is 1.19 bits per heavy atom. The van der Waals surface area contributed by atoms with Gasteiger partial charge in [0.1, 0.15) is 0 Å². The lowest BCUT2D eigenvalue weighted by Gasteiger charge is -2.11. The van der Waals surface area contributed by atoms with E-state index in [0.29, 0.717) is 11.1 Å². The third-order valence-corrected chi connectivity index (χ3v) is 4.68. The van der Waals surface area contributed by atoms with Crippen LogP contribution in [0.4, 0.5) is 0 Å². The molecule has 9 nitrogen and oxygen atoms in total. The van der Waals surface area contributed by atoms with Gasteiger partial charge in [-0.25, -0.2) is 19.2 Å². The van der Waals surface area contributed by atoms with Crippen LogP contribution in [0.15, 0.2) is 54.9 Å². The molecule has 0 fully saturated rings. The Morgan fingerprint density at radius 3 is 1.62 bits per heavy atom. The Kier molecular flexibility index (Phi) is 7.41. The molecule has 0 aliphatic heterocycles. The molecule has 0 bridgehead atoms. The molecule has 0 saturated heterocycles. The van der Waals surface area contributed by atoms with E-state index in [1.165, 1.54) is 44.2 Å². The number of carbonyl (C=O) groups is 4. The molecule has 9 heteroatoms. The van der Waals surface area contributed by atoms with Gasteiger partial charge < -0.3 is 20.4 Å². The topological polar surface area (TPSA) is 162 Å². The maximum Gasteiger partial charge on any atom is 0.336 e. The predicted molar refractivity (Wildman–Crippen MR) is 113 cm³/mol. The molecule has 164 valence electrons. The third kappa shape index (κ3) is 5.14. The van der Waals surface area contributed by atoms with Crippen LogP contribution in [0.25, 0.3) is 11.1 Å². The standard InChI is InChI=1S/C14H11NO4.C9H8O4/c1-8-10(13(16)17)4-5-11(12(8)14(18)19)9-3-2-6-15-7-9;1-5-6(8(10)11)3-2-4-7(5)9(12)13/h2-7H,1H3,(H,16,17)(H,18,19);2-4H,1H3,(H,10,11)(H,12,13). The van der Waals surface area contributed by atoms with Crippen molar-refractivity contribution < 1.29 is 39.6 Å². The number of nitrogens with zero attached hydrogens (tertiary/aromatic N) is 1. The number of rotatable bonds is 5. The minimum Gasteiger partial charge on any atom is -0.478 e. The Hall–Kier alpha value is -4.53. The van der Waals surface area contributed by atoms with Gasteiger partial charge in [-0.2, -0.15) is 0 Å². The number of hydrogen-bond donors (Lipinski definition) is 4. The van der Waals surface area contributed by atoms with E-state index in [1.54, 1.807) is 24.5 Å². The van der Waals surface area contributed by atoms with Gasteiger partial charge in [0.2, 0.25) is 0 Å². The molecule has 0 radical (unpaired) electrons. The van der Waals surface area contributed by atoms with E-state index in [4.69, 9.17) is 15.3 Å². The Balaban J connectivity index is 0.000000244. The quantitative estimate of drug-likeness (QED) is 0.464. The number of carboxylic acids is 4. The van der Waals surface area contributed by atoms with Crippen molar-refractivity contribution in [2.24, 2.45) is 0 Å². The highest BCUT2D eigenvalue weighted by atomic mass is 16.4. The number of benzene rings is 2. The first-order valence-corrected chi connectivity index (χ1v) is 9.13.